The summed E-state index contributed by atoms with van der Waals surface area (Å²) in [6.45, 7) is 4.96. The van der Waals surface area contributed by atoms with E-state index in [1.807, 2.05) is 6.92 Å². The second kappa shape index (κ2) is 8.83. The van der Waals surface area contributed by atoms with Crippen molar-refractivity contribution in [3.05, 3.63) is 22.4 Å². The van der Waals surface area contributed by atoms with Crippen molar-refractivity contribution >= 4 is 50.6 Å². The molecule has 0 atom stereocenters. The number of nitrogens with one attached hydrogen (secondary N) is 2. The third kappa shape index (κ3) is 4.42. The number of aromatic nitrogens is 4. The molecule has 3 aliphatic rings. The number of imidazole rings is 1. The molecule has 2 saturated heterocycles. The smallest absolute Gasteiger partial charge is 0.291 e. The van der Waals surface area contributed by atoms with Gasteiger partial charge < -0.3 is 15.3 Å². The van der Waals surface area contributed by atoms with E-state index in [-0.39, 0.29) is 32.8 Å². The molecule has 3 N–H and O–H groups in total. The van der Waals surface area contributed by atoms with Crippen LogP contribution in [0.4, 0.5) is 14.5 Å². The van der Waals surface area contributed by atoms with Gasteiger partial charge in [0.25, 0.3) is 12.9 Å². The molecule has 3 aromatic heterocycles. The highest BCUT2D eigenvalue weighted by atomic mass is 35.5. The first-order valence-electron chi connectivity index (χ1n) is 10.9. The second-order valence-corrected chi connectivity index (χ2v) is 12.5. The average Bonchev–Trinajstić information content (AvgIpc) is 3.15. The zero-order valence-corrected chi connectivity index (χ0v) is 21.3. The van der Waals surface area contributed by atoms with Gasteiger partial charge in [0.1, 0.15) is 10.4 Å². The Morgan fingerprint density at radius 2 is 1.97 bits per heavy atom. The molecule has 2 aliphatic heterocycles. The molecule has 6 rings (SSSR count). The lowest BCUT2D eigenvalue weighted by Crippen LogP contribution is -2.71. The minimum absolute atomic E-state index is 0.0553. The van der Waals surface area contributed by atoms with Gasteiger partial charge in [0.2, 0.25) is 10.0 Å². The fraction of sp³-hybridized carbons (Fsp3) is 0.500. The largest absolute Gasteiger partial charge is 0.483 e. The maximum atomic E-state index is 13.2. The van der Waals surface area contributed by atoms with Crippen LogP contribution in [0.25, 0.3) is 16.3 Å². The quantitative estimate of drug-likeness (QED) is 0.387. The van der Waals surface area contributed by atoms with Gasteiger partial charge in [-0.05, 0) is 25.8 Å². The Labute approximate surface area is 213 Å². The van der Waals surface area contributed by atoms with E-state index in [0.717, 1.165) is 39.0 Å². The molecule has 1 aliphatic carbocycles. The van der Waals surface area contributed by atoms with Gasteiger partial charge in [-0.2, -0.15) is 0 Å². The van der Waals surface area contributed by atoms with Crippen LogP contribution in [-0.2, 0) is 14.8 Å². The Balaban J connectivity index is 0.000000848. The third-order valence-electron chi connectivity index (χ3n) is 6.55. The predicted molar refractivity (Wildman–Crippen MR) is 128 cm³/mol. The molecule has 5 heterocycles. The Bertz CT molecular complexity index is 1430. The van der Waals surface area contributed by atoms with Gasteiger partial charge >= 0.3 is 0 Å². The highest BCUT2D eigenvalue weighted by Crippen LogP contribution is 2.43. The molecule has 1 saturated carbocycles. The van der Waals surface area contributed by atoms with E-state index in [4.69, 9.17) is 21.5 Å². The number of hydrogen-bond acceptors (Lipinski definition) is 9. The van der Waals surface area contributed by atoms with Crippen molar-refractivity contribution < 1.29 is 27.1 Å². The van der Waals surface area contributed by atoms with Crippen LogP contribution in [0, 0.1) is 5.41 Å². The normalized spacial score (nSPS) is 19.5. The summed E-state index contributed by atoms with van der Waals surface area (Å²) in [6, 6.07) is 1.62. The minimum Gasteiger partial charge on any atom is -0.483 e. The lowest BCUT2D eigenvalue weighted by atomic mass is 9.74. The summed E-state index contributed by atoms with van der Waals surface area (Å²) in [5, 5.41) is 17.4. The number of hydrogen-bond donors (Lipinski definition) is 3. The Morgan fingerprint density at radius 3 is 2.50 bits per heavy atom. The molecule has 0 unspecified atom stereocenters. The topological polar surface area (TPSA) is 142 Å². The van der Waals surface area contributed by atoms with E-state index in [9.17, 15) is 17.2 Å². The summed E-state index contributed by atoms with van der Waals surface area (Å²) in [6.07, 6.45) is 0.199. The lowest BCUT2D eigenvalue weighted by molar-refractivity contribution is -0.122. The average molecular weight is 562 g/mol. The first kappa shape index (κ1) is 25.2. The summed E-state index contributed by atoms with van der Waals surface area (Å²) >= 11 is 7.20. The molecule has 194 valence electrons. The van der Waals surface area contributed by atoms with Gasteiger partial charge in [-0.3, -0.25) is 9.20 Å². The van der Waals surface area contributed by atoms with Crippen LogP contribution in [0.5, 0.6) is 0 Å². The molecule has 16 heteroatoms. The first-order valence-corrected chi connectivity index (χ1v) is 13.6. The molecule has 1 spiro atoms. The fourth-order valence-corrected chi connectivity index (χ4v) is 6.82. The van der Waals surface area contributed by atoms with Crippen molar-refractivity contribution in [2.75, 3.05) is 31.1 Å². The molecule has 36 heavy (non-hydrogen) atoms. The number of pyridine rings is 1. The maximum Gasteiger partial charge on any atom is 0.291 e. The van der Waals surface area contributed by atoms with Crippen molar-refractivity contribution in [2.45, 2.75) is 36.6 Å². The van der Waals surface area contributed by atoms with Crippen LogP contribution in [-0.4, -0.2) is 71.3 Å². The number of rotatable bonds is 6. The Morgan fingerprint density at radius 1 is 1.31 bits per heavy atom. The van der Waals surface area contributed by atoms with Crippen LogP contribution in [0.1, 0.15) is 31.2 Å². The third-order valence-corrected chi connectivity index (χ3v) is 9.34. The summed E-state index contributed by atoms with van der Waals surface area (Å²) in [5.74, 6) is 0.177. The number of sulfonamides is 1. The van der Waals surface area contributed by atoms with Gasteiger partial charge in [-0.25, -0.2) is 26.9 Å². The lowest BCUT2D eigenvalue weighted by Gasteiger charge is -2.57. The number of alkyl halides is 2. The van der Waals surface area contributed by atoms with Gasteiger partial charge in [0.15, 0.2) is 21.0 Å². The van der Waals surface area contributed by atoms with E-state index >= 15 is 0 Å². The number of carbonyl (C=O) groups is 1. The summed E-state index contributed by atoms with van der Waals surface area (Å²) < 4.78 is 56.9. The monoisotopic (exact) mass is 561 g/mol. The highest BCUT2D eigenvalue weighted by molar-refractivity contribution is 7.89. The standard InChI is InChI=1S/C19H20ClF2N7O2S2.CH2O2/c1-18(2-3-18)27-33(30,31)10-4-11(28-8-19(9-28)6-23-7-19)12-13(20)24-15(29(12)5-10)17-26-25-16(32-17)14(21)22;2-1-3/h4-5,14,23,27H,2-3,6-9H2,1H3;1H,(H,2,3). The number of carboxylic acid groups (broad SMARTS) is 1. The molecule has 3 aromatic rings. The van der Waals surface area contributed by atoms with E-state index in [2.05, 4.69) is 30.1 Å². The van der Waals surface area contributed by atoms with Crippen LogP contribution in [0.3, 0.4) is 0 Å². The molecular formula is C20H22ClF2N7O4S2. The van der Waals surface area contributed by atoms with Crippen LogP contribution in [0.2, 0.25) is 5.15 Å². The van der Waals surface area contributed by atoms with Crippen molar-refractivity contribution in [1.29, 1.82) is 0 Å². The summed E-state index contributed by atoms with van der Waals surface area (Å²) in [7, 11) is -3.84. The first-order chi connectivity index (χ1) is 17.0. The minimum atomic E-state index is -3.84. The number of halogens is 3. The van der Waals surface area contributed by atoms with Gasteiger partial charge in [0, 0.05) is 43.3 Å². The van der Waals surface area contributed by atoms with Gasteiger partial charge in [0.05, 0.1) is 5.69 Å². The molecule has 0 bridgehead atoms. The number of fused-ring (bicyclic) bond motifs is 1. The van der Waals surface area contributed by atoms with E-state index in [1.54, 1.807) is 6.07 Å². The maximum absolute atomic E-state index is 13.2. The fourth-order valence-electron chi connectivity index (χ4n) is 4.39. The number of nitrogens with zero attached hydrogens (tertiary/aromatic N) is 5. The zero-order valence-electron chi connectivity index (χ0n) is 18.9. The summed E-state index contributed by atoms with van der Waals surface area (Å²) in [5.41, 5.74) is 0.886. The highest BCUT2D eigenvalue weighted by Gasteiger charge is 2.48. The van der Waals surface area contributed by atoms with E-state index in [1.165, 1.54) is 10.6 Å². The zero-order chi connectivity index (χ0) is 25.9. The predicted octanol–water partition coefficient (Wildman–Crippen LogP) is 2.38. The Kier molecular flexibility index (Phi) is 6.18. The SMILES string of the molecule is CC1(NS(=O)(=O)c2cc(N3CC4(CNC4)C3)c3c(Cl)nc(-c4nnc(C(F)F)s4)n3c2)CC1.O=CO. The van der Waals surface area contributed by atoms with Crippen molar-refractivity contribution in [1.82, 2.24) is 29.6 Å². The van der Waals surface area contributed by atoms with Crippen molar-refractivity contribution in [3.63, 3.8) is 0 Å². The summed E-state index contributed by atoms with van der Waals surface area (Å²) in [4.78, 5) is 14.8. The van der Waals surface area contributed by atoms with E-state index < -0.39 is 27.0 Å². The van der Waals surface area contributed by atoms with E-state index in [0.29, 0.717) is 22.5 Å². The van der Waals surface area contributed by atoms with Crippen LogP contribution in [0.15, 0.2) is 17.2 Å². The molecule has 11 nitrogen and oxygen atoms in total. The van der Waals surface area contributed by atoms with Crippen molar-refractivity contribution in [3.8, 4) is 10.8 Å². The Hall–Kier alpha value is -2.46. The van der Waals surface area contributed by atoms with Crippen LogP contribution >= 0.6 is 22.9 Å². The van der Waals surface area contributed by atoms with Crippen LogP contribution < -0.4 is 14.9 Å². The van der Waals surface area contributed by atoms with Gasteiger partial charge in [-0.15, -0.1) is 10.2 Å². The van der Waals surface area contributed by atoms with Gasteiger partial charge in [-0.1, -0.05) is 22.9 Å². The molecule has 3 fully saturated rings. The molecule has 0 amide bonds. The molecule has 0 radical (unpaired) electrons. The molecular weight excluding hydrogens is 540 g/mol. The van der Waals surface area contributed by atoms with Crippen molar-refractivity contribution in [2.24, 2.45) is 5.41 Å². The molecule has 0 aromatic carbocycles. The second-order valence-electron chi connectivity index (χ2n) is 9.48. The number of anilines is 1.